The van der Waals surface area contributed by atoms with Gasteiger partial charge in [-0.25, -0.2) is 0 Å². The minimum Gasteiger partial charge on any atom is -0.298 e. The molecule has 10 rings (SSSR count). The topological polar surface area (TPSA) is 17.1 Å². The summed E-state index contributed by atoms with van der Waals surface area (Å²) >= 11 is 0. The van der Waals surface area contributed by atoms with Crippen molar-refractivity contribution in [2.24, 2.45) is 46.3 Å². The van der Waals surface area contributed by atoms with Crippen LogP contribution in [0.1, 0.15) is 87.2 Å². The molecular formula is C33H38O. The second kappa shape index (κ2) is 7.08. The first kappa shape index (κ1) is 20.3. The van der Waals surface area contributed by atoms with Gasteiger partial charge in [0.15, 0.2) is 0 Å². The van der Waals surface area contributed by atoms with Crippen molar-refractivity contribution in [3.8, 4) is 0 Å². The maximum Gasteiger partial charge on any atom is 0.145 e. The van der Waals surface area contributed by atoms with Crippen LogP contribution in [0.15, 0.2) is 60.7 Å². The van der Waals surface area contributed by atoms with Gasteiger partial charge in [-0.05, 0) is 123 Å². The largest absolute Gasteiger partial charge is 0.298 e. The van der Waals surface area contributed by atoms with Crippen molar-refractivity contribution in [1.82, 2.24) is 0 Å². The van der Waals surface area contributed by atoms with E-state index in [9.17, 15) is 4.79 Å². The van der Waals surface area contributed by atoms with Crippen LogP contribution in [0.5, 0.6) is 0 Å². The van der Waals surface area contributed by atoms with E-state index in [1.807, 2.05) is 0 Å². The molecule has 0 radical (unpaired) electrons. The van der Waals surface area contributed by atoms with Crippen LogP contribution < -0.4 is 0 Å². The zero-order valence-electron chi connectivity index (χ0n) is 20.4. The molecular weight excluding hydrogens is 412 g/mol. The summed E-state index contributed by atoms with van der Waals surface area (Å²) in [6.07, 6.45) is 12.7. The average Bonchev–Trinajstić information content (AvgIpc) is 2.84. The van der Waals surface area contributed by atoms with Crippen LogP contribution >= 0.6 is 0 Å². The monoisotopic (exact) mass is 450 g/mol. The third-order valence-corrected chi connectivity index (χ3v) is 11.9. The predicted molar refractivity (Wildman–Crippen MR) is 135 cm³/mol. The van der Waals surface area contributed by atoms with Gasteiger partial charge in [-0.15, -0.1) is 0 Å². The van der Waals surface area contributed by atoms with Crippen LogP contribution in [0.2, 0.25) is 0 Å². The van der Waals surface area contributed by atoms with Crippen LogP contribution in [-0.2, 0) is 4.79 Å². The van der Waals surface area contributed by atoms with E-state index in [-0.39, 0.29) is 10.8 Å². The third kappa shape index (κ3) is 2.76. The zero-order valence-corrected chi connectivity index (χ0v) is 20.4. The Hall–Kier alpha value is -1.89. The quantitative estimate of drug-likeness (QED) is 0.465. The van der Waals surface area contributed by atoms with E-state index in [1.165, 1.54) is 64.2 Å². The zero-order chi connectivity index (χ0) is 22.5. The van der Waals surface area contributed by atoms with Gasteiger partial charge < -0.3 is 0 Å². The Morgan fingerprint density at radius 3 is 1.24 bits per heavy atom. The van der Waals surface area contributed by atoms with Gasteiger partial charge in [0.1, 0.15) is 5.78 Å². The minimum absolute atomic E-state index is 0.0235. The molecule has 2 aromatic rings. The molecule has 0 heterocycles. The average molecular weight is 451 g/mol. The number of ketones is 1. The highest BCUT2D eigenvalue weighted by Crippen LogP contribution is 2.71. The van der Waals surface area contributed by atoms with E-state index < -0.39 is 0 Å². The lowest BCUT2D eigenvalue weighted by atomic mass is 9.38. The van der Waals surface area contributed by atoms with E-state index >= 15 is 0 Å². The molecule has 8 saturated carbocycles. The Morgan fingerprint density at radius 1 is 0.529 bits per heavy atom. The summed E-state index contributed by atoms with van der Waals surface area (Å²) in [5.74, 6) is 6.77. The molecule has 8 aliphatic carbocycles. The van der Waals surface area contributed by atoms with Crippen molar-refractivity contribution >= 4 is 5.78 Å². The standard InChI is InChI=1S/C33H38O/c34-31(32-15-21-11-25(17-32)29(26(12-21)18-32)23-7-3-1-4-8-23)33-16-22-13-27(19-33)30(28(14-22)20-33)24-9-5-2-6-10-24/h1-10,21-22,25-30H,11-20H2. The molecule has 176 valence electrons. The van der Waals surface area contributed by atoms with Crippen molar-refractivity contribution < 1.29 is 4.79 Å². The summed E-state index contributed by atoms with van der Waals surface area (Å²) in [7, 11) is 0. The fraction of sp³-hybridized carbons (Fsp3) is 0.606. The first-order chi connectivity index (χ1) is 16.6. The molecule has 0 amide bonds. The minimum atomic E-state index is 0.0235. The SMILES string of the molecule is O=C(C12CC3CC(C1)C(c1ccccc1)C(C3)C2)C12CC3CC(C1)C(c1ccccc1)C(C3)C2. The van der Waals surface area contributed by atoms with Gasteiger partial charge in [0, 0.05) is 10.8 Å². The number of hydrogen-bond donors (Lipinski definition) is 0. The van der Waals surface area contributed by atoms with E-state index in [0.29, 0.717) is 11.8 Å². The number of benzene rings is 2. The molecule has 4 atom stereocenters. The summed E-state index contributed by atoms with van der Waals surface area (Å²) in [6.45, 7) is 0. The molecule has 1 nitrogen and oxygen atoms in total. The second-order valence-corrected chi connectivity index (χ2v) is 13.7. The molecule has 0 saturated heterocycles. The van der Waals surface area contributed by atoms with Gasteiger partial charge >= 0.3 is 0 Å². The van der Waals surface area contributed by atoms with E-state index in [0.717, 1.165) is 41.3 Å². The van der Waals surface area contributed by atoms with Crippen LogP contribution in [0.25, 0.3) is 0 Å². The summed E-state index contributed by atoms with van der Waals surface area (Å²) in [6, 6.07) is 22.7. The Labute approximate surface area is 204 Å². The van der Waals surface area contributed by atoms with Crippen LogP contribution in [0.3, 0.4) is 0 Å². The molecule has 4 unspecified atom stereocenters. The normalized spacial score (nSPS) is 47.8. The van der Waals surface area contributed by atoms with Gasteiger partial charge in [-0.3, -0.25) is 4.79 Å². The summed E-state index contributed by atoms with van der Waals surface area (Å²) in [5, 5.41) is 0. The lowest BCUT2D eigenvalue weighted by Crippen LogP contribution is -2.61. The number of carbonyl (C=O) groups excluding carboxylic acids is 1. The van der Waals surface area contributed by atoms with Gasteiger partial charge in [0.25, 0.3) is 0 Å². The highest BCUT2D eigenvalue weighted by molar-refractivity contribution is 5.91. The number of rotatable bonds is 4. The lowest BCUT2D eigenvalue weighted by Gasteiger charge is -2.65. The molecule has 8 aliphatic rings. The molecule has 8 fully saturated rings. The first-order valence-electron chi connectivity index (χ1n) is 14.3. The Bertz CT molecular complexity index is 982. The molecule has 0 spiro atoms. The Morgan fingerprint density at radius 2 is 0.882 bits per heavy atom. The van der Waals surface area contributed by atoms with Crippen LogP contribution in [0, 0.1) is 46.3 Å². The lowest BCUT2D eigenvalue weighted by molar-refractivity contribution is -0.172. The smallest absolute Gasteiger partial charge is 0.145 e. The van der Waals surface area contributed by atoms with E-state index in [1.54, 1.807) is 11.1 Å². The highest BCUT2D eigenvalue weighted by atomic mass is 16.1. The van der Waals surface area contributed by atoms with E-state index in [4.69, 9.17) is 0 Å². The van der Waals surface area contributed by atoms with Crippen molar-refractivity contribution in [3.05, 3.63) is 71.8 Å². The fourth-order valence-electron chi connectivity index (χ4n) is 11.6. The van der Waals surface area contributed by atoms with Crippen molar-refractivity contribution in [2.75, 3.05) is 0 Å². The maximum absolute atomic E-state index is 14.8. The van der Waals surface area contributed by atoms with Crippen molar-refractivity contribution in [1.29, 1.82) is 0 Å². The molecule has 0 aromatic heterocycles. The van der Waals surface area contributed by atoms with Gasteiger partial charge in [-0.1, -0.05) is 60.7 Å². The molecule has 34 heavy (non-hydrogen) atoms. The first-order valence-corrected chi connectivity index (χ1v) is 14.3. The van der Waals surface area contributed by atoms with Crippen molar-refractivity contribution in [2.45, 2.75) is 76.0 Å². The second-order valence-electron chi connectivity index (χ2n) is 13.7. The highest BCUT2D eigenvalue weighted by Gasteiger charge is 2.65. The Balaban J connectivity index is 1.11. The molecule has 2 aromatic carbocycles. The van der Waals surface area contributed by atoms with Gasteiger partial charge in [0.05, 0.1) is 0 Å². The summed E-state index contributed by atoms with van der Waals surface area (Å²) in [4.78, 5) is 14.8. The van der Waals surface area contributed by atoms with Gasteiger partial charge in [-0.2, -0.15) is 0 Å². The number of Topliss-reactive ketones (excluding diaryl/α,β-unsaturated/α-hetero) is 1. The molecule has 8 bridgehead atoms. The molecule has 0 aliphatic heterocycles. The third-order valence-electron chi connectivity index (χ3n) is 11.9. The maximum atomic E-state index is 14.8. The molecule has 1 heteroatoms. The van der Waals surface area contributed by atoms with Crippen LogP contribution in [-0.4, -0.2) is 5.78 Å². The fourth-order valence-corrected chi connectivity index (χ4v) is 11.6. The summed E-state index contributed by atoms with van der Waals surface area (Å²) < 4.78 is 0. The Kier molecular flexibility index (Phi) is 4.23. The van der Waals surface area contributed by atoms with E-state index in [2.05, 4.69) is 60.7 Å². The molecule has 0 N–H and O–H groups in total. The number of hydrogen-bond acceptors (Lipinski definition) is 1. The predicted octanol–water partition coefficient (Wildman–Crippen LogP) is 7.78. The van der Waals surface area contributed by atoms with Gasteiger partial charge in [0.2, 0.25) is 0 Å². The van der Waals surface area contributed by atoms with Crippen LogP contribution in [0.4, 0.5) is 0 Å². The number of carbonyl (C=O) groups is 1. The summed E-state index contributed by atoms with van der Waals surface area (Å²) in [5.41, 5.74) is 3.16. The van der Waals surface area contributed by atoms with Crippen molar-refractivity contribution in [3.63, 3.8) is 0 Å².